The zero-order valence-electron chi connectivity index (χ0n) is 22.9. The number of aromatic amines is 1. The maximum atomic E-state index is 13.8. The largest absolute Gasteiger partial charge is 0.496 e. The van der Waals surface area contributed by atoms with Crippen molar-refractivity contribution in [3.63, 3.8) is 0 Å². The van der Waals surface area contributed by atoms with Crippen molar-refractivity contribution in [3.8, 4) is 5.75 Å². The third-order valence-electron chi connectivity index (χ3n) is 6.82. The summed E-state index contributed by atoms with van der Waals surface area (Å²) in [6.07, 6.45) is 2.44. The van der Waals surface area contributed by atoms with Gasteiger partial charge in [0.2, 0.25) is 15.9 Å². The first-order valence-corrected chi connectivity index (χ1v) is 14.7. The van der Waals surface area contributed by atoms with E-state index in [1.807, 2.05) is 48.7 Å². The zero-order valence-corrected chi connectivity index (χ0v) is 24.5. The van der Waals surface area contributed by atoms with E-state index in [-0.39, 0.29) is 16.5 Å². The first-order chi connectivity index (χ1) is 19.5. The first kappa shape index (κ1) is 30.0. The fourth-order valence-electron chi connectivity index (χ4n) is 4.63. The molecule has 0 aliphatic carbocycles. The van der Waals surface area contributed by atoms with Crippen molar-refractivity contribution in [2.75, 3.05) is 20.2 Å². The molecule has 1 amide bonds. The third kappa shape index (κ3) is 6.70. The second-order valence-corrected chi connectivity index (χ2v) is 12.0. The molecule has 0 bridgehead atoms. The smallest absolute Gasteiger partial charge is 0.289 e. The second kappa shape index (κ2) is 12.7. The normalized spacial score (nSPS) is 11.8. The highest BCUT2D eigenvalue weighted by Crippen LogP contribution is 2.29. The van der Waals surface area contributed by atoms with Crippen LogP contribution in [0.5, 0.6) is 5.75 Å². The van der Waals surface area contributed by atoms with E-state index in [0.717, 1.165) is 32.4 Å². The summed E-state index contributed by atoms with van der Waals surface area (Å²) in [5.74, 6) is 0.190. The minimum Gasteiger partial charge on any atom is -0.496 e. The lowest BCUT2D eigenvalue weighted by molar-refractivity contribution is -0.384. The number of ether oxygens (including phenoxy) is 1. The van der Waals surface area contributed by atoms with Crippen LogP contribution >= 0.6 is 11.6 Å². The van der Waals surface area contributed by atoms with Crippen LogP contribution in [0, 0.1) is 10.1 Å². The average Bonchev–Trinajstić information content (AvgIpc) is 3.36. The average molecular weight is 599 g/mol. The van der Waals surface area contributed by atoms with Crippen molar-refractivity contribution in [3.05, 3.63) is 99.2 Å². The monoisotopic (exact) mass is 598 g/mol. The molecule has 0 spiro atoms. The van der Waals surface area contributed by atoms with E-state index in [4.69, 9.17) is 16.3 Å². The Bertz CT molecular complexity index is 1670. The van der Waals surface area contributed by atoms with E-state index in [0.29, 0.717) is 18.7 Å². The highest BCUT2D eigenvalue weighted by molar-refractivity contribution is 7.89. The molecule has 1 heterocycles. The molecule has 0 aliphatic rings. The fourth-order valence-corrected chi connectivity index (χ4v) is 6.43. The van der Waals surface area contributed by atoms with E-state index in [1.165, 1.54) is 12.1 Å². The Kier molecular flexibility index (Phi) is 9.31. The lowest BCUT2D eigenvalue weighted by Gasteiger charge is -2.30. The molecular formula is C29H31ClN4O6S. The molecule has 216 valence electrons. The summed E-state index contributed by atoms with van der Waals surface area (Å²) in [6, 6.07) is 17.9. The van der Waals surface area contributed by atoms with Gasteiger partial charge in [0.25, 0.3) is 5.69 Å². The number of carbonyl (C=O) groups is 1. The minimum absolute atomic E-state index is 0.179. The maximum Gasteiger partial charge on any atom is 0.289 e. The SMILES string of the molecule is COc1ccccc1CN(CCc1c[nH]c2ccccc12)C(=O)CN(C(C)C)S(=O)(=O)c1ccc(Cl)c([N+](=O)[O-])c1. The van der Waals surface area contributed by atoms with Gasteiger partial charge in [0.05, 0.1) is 23.5 Å². The third-order valence-corrected chi connectivity index (χ3v) is 9.16. The van der Waals surface area contributed by atoms with Crippen LogP contribution in [0.3, 0.4) is 0 Å². The minimum atomic E-state index is -4.28. The number of hydrogen-bond donors (Lipinski definition) is 1. The number of nitro groups is 1. The Balaban J connectivity index is 1.64. The Morgan fingerprint density at radius 2 is 1.78 bits per heavy atom. The van der Waals surface area contributed by atoms with Gasteiger partial charge < -0.3 is 14.6 Å². The van der Waals surface area contributed by atoms with E-state index in [9.17, 15) is 23.3 Å². The molecule has 1 aromatic heterocycles. The number of nitro benzene ring substituents is 1. The first-order valence-electron chi connectivity index (χ1n) is 12.9. The van der Waals surface area contributed by atoms with Gasteiger partial charge in [0, 0.05) is 47.9 Å². The number of methoxy groups -OCH3 is 1. The van der Waals surface area contributed by atoms with Crippen LogP contribution in [-0.4, -0.2) is 59.7 Å². The van der Waals surface area contributed by atoms with Gasteiger partial charge in [-0.3, -0.25) is 14.9 Å². The summed E-state index contributed by atoms with van der Waals surface area (Å²) >= 11 is 5.90. The lowest BCUT2D eigenvalue weighted by Crippen LogP contribution is -2.46. The molecule has 4 aromatic rings. The number of H-pyrrole nitrogens is 1. The number of benzene rings is 3. The van der Waals surface area contributed by atoms with Gasteiger partial charge >= 0.3 is 0 Å². The summed E-state index contributed by atoms with van der Waals surface area (Å²) in [7, 11) is -2.73. The number of sulfonamides is 1. The van der Waals surface area contributed by atoms with E-state index in [1.54, 1.807) is 31.9 Å². The molecule has 3 aromatic carbocycles. The molecule has 4 rings (SSSR count). The van der Waals surface area contributed by atoms with Gasteiger partial charge in [-0.1, -0.05) is 48.0 Å². The number of rotatable bonds is 12. The van der Waals surface area contributed by atoms with E-state index < -0.39 is 39.1 Å². The topological polar surface area (TPSA) is 126 Å². The number of nitrogens with zero attached hydrogens (tertiary/aromatic N) is 3. The van der Waals surface area contributed by atoms with Gasteiger partial charge in [-0.15, -0.1) is 0 Å². The Morgan fingerprint density at radius 3 is 2.49 bits per heavy atom. The van der Waals surface area contributed by atoms with Crippen molar-refractivity contribution in [1.29, 1.82) is 0 Å². The molecule has 0 saturated heterocycles. The van der Waals surface area contributed by atoms with E-state index >= 15 is 0 Å². The molecule has 12 heteroatoms. The van der Waals surface area contributed by atoms with Gasteiger partial charge in [-0.25, -0.2) is 8.42 Å². The Morgan fingerprint density at radius 1 is 1.07 bits per heavy atom. The van der Waals surface area contributed by atoms with Crippen LogP contribution in [0.2, 0.25) is 5.02 Å². The quantitative estimate of drug-likeness (QED) is 0.172. The standard InChI is InChI=1S/C29H31ClN4O6S/c1-20(2)33(41(38,39)23-12-13-25(30)27(16-23)34(36)37)19-29(35)32(18-22-8-4-7-11-28(22)40-3)15-14-21-17-31-26-10-6-5-9-24(21)26/h4-13,16-17,20,31H,14-15,18-19H2,1-3H3. The van der Waals surface area contributed by atoms with Crippen LogP contribution in [0.1, 0.15) is 25.0 Å². The second-order valence-electron chi connectivity index (χ2n) is 9.75. The molecule has 0 radical (unpaired) electrons. The van der Waals surface area contributed by atoms with Crippen molar-refractivity contribution < 1.29 is 22.9 Å². The molecular weight excluding hydrogens is 568 g/mol. The number of aromatic nitrogens is 1. The fraction of sp³-hybridized carbons (Fsp3) is 0.276. The highest BCUT2D eigenvalue weighted by atomic mass is 35.5. The maximum absolute atomic E-state index is 13.8. The van der Waals surface area contributed by atoms with Crippen molar-refractivity contribution in [2.24, 2.45) is 0 Å². The molecule has 0 saturated carbocycles. The summed E-state index contributed by atoms with van der Waals surface area (Å²) in [5, 5.41) is 12.3. The number of para-hydroxylation sites is 2. The molecule has 41 heavy (non-hydrogen) atoms. The molecule has 0 atom stereocenters. The van der Waals surface area contributed by atoms with Crippen molar-refractivity contribution in [2.45, 2.75) is 37.8 Å². The number of fused-ring (bicyclic) bond motifs is 1. The number of carbonyl (C=O) groups excluding carboxylic acids is 1. The summed E-state index contributed by atoms with van der Waals surface area (Å²) in [4.78, 5) is 29.0. The van der Waals surface area contributed by atoms with E-state index in [2.05, 4.69) is 4.98 Å². The number of halogens is 1. The number of hydrogen-bond acceptors (Lipinski definition) is 6. The lowest BCUT2D eigenvalue weighted by atomic mass is 10.1. The molecule has 10 nitrogen and oxygen atoms in total. The molecule has 1 N–H and O–H groups in total. The predicted octanol–water partition coefficient (Wildman–Crippen LogP) is 5.41. The highest BCUT2D eigenvalue weighted by Gasteiger charge is 2.32. The van der Waals surface area contributed by atoms with Crippen LogP contribution in [0.15, 0.2) is 77.8 Å². The van der Waals surface area contributed by atoms with Crippen LogP contribution in [0.4, 0.5) is 5.69 Å². The summed E-state index contributed by atoms with van der Waals surface area (Å²) in [6.45, 7) is 3.34. The molecule has 0 fully saturated rings. The van der Waals surface area contributed by atoms with Gasteiger partial charge in [-0.2, -0.15) is 4.31 Å². The zero-order chi connectivity index (χ0) is 29.7. The number of nitrogens with one attached hydrogen (secondary N) is 1. The predicted molar refractivity (Wildman–Crippen MR) is 158 cm³/mol. The van der Waals surface area contributed by atoms with Crippen LogP contribution in [0.25, 0.3) is 10.9 Å². The molecule has 0 aliphatic heterocycles. The van der Waals surface area contributed by atoms with Crippen molar-refractivity contribution in [1.82, 2.24) is 14.2 Å². The molecule has 0 unspecified atom stereocenters. The Hall–Kier alpha value is -3.93. The van der Waals surface area contributed by atoms with Crippen LogP contribution < -0.4 is 4.74 Å². The van der Waals surface area contributed by atoms with Crippen LogP contribution in [-0.2, 0) is 27.8 Å². The van der Waals surface area contributed by atoms with Gasteiger partial charge in [0.1, 0.15) is 10.8 Å². The Labute approximate surface area is 243 Å². The number of amides is 1. The summed E-state index contributed by atoms with van der Waals surface area (Å²) in [5.41, 5.74) is 2.26. The van der Waals surface area contributed by atoms with Gasteiger partial charge in [0.15, 0.2) is 0 Å². The summed E-state index contributed by atoms with van der Waals surface area (Å²) < 4.78 is 33.8. The van der Waals surface area contributed by atoms with Crippen molar-refractivity contribution >= 4 is 44.1 Å². The van der Waals surface area contributed by atoms with Gasteiger partial charge in [-0.05, 0) is 50.1 Å².